The molecule has 0 amide bonds. The lowest BCUT2D eigenvalue weighted by atomic mass is 10.2. The Hall–Kier alpha value is -2.09. The van der Waals surface area contributed by atoms with Crippen LogP contribution in [-0.2, 0) is 5.75 Å². The molecule has 17 heavy (non-hydrogen) atoms. The number of nitro benzene ring substituents is 1. The highest BCUT2D eigenvalue weighted by Crippen LogP contribution is 2.27. The number of hydrogen-bond acceptors (Lipinski definition) is 6. The predicted molar refractivity (Wildman–Crippen MR) is 58.5 cm³/mol. The molecule has 0 spiro atoms. The standard InChI is InChI=1S/C9H8N4O3S/c14-8-2-1-6(3-7(8)13(15)16)4-17-9-10-5-11-12-9/h1-3,5,14H,4H2,(H,10,11,12)/p-1. The highest BCUT2D eigenvalue weighted by Gasteiger charge is 2.08. The zero-order valence-electron chi connectivity index (χ0n) is 8.49. The molecule has 1 heterocycles. The van der Waals surface area contributed by atoms with E-state index in [1.807, 2.05) is 0 Å². The summed E-state index contributed by atoms with van der Waals surface area (Å²) in [4.78, 5) is 13.8. The second-order valence-electron chi connectivity index (χ2n) is 3.14. The molecule has 0 fully saturated rings. The quantitative estimate of drug-likeness (QED) is 0.495. The second kappa shape index (κ2) is 4.83. The summed E-state index contributed by atoms with van der Waals surface area (Å²) in [6.07, 6.45) is 1.38. The highest BCUT2D eigenvalue weighted by molar-refractivity contribution is 7.98. The van der Waals surface area contributed by atoms with Gasteiger partial charge in [-0.25, -0.2) is 4.98 Å². The van der Waals surface area contributed by atoms with Gasteiger partial charge >= 0.3 is 0 Å². The minimum Gasteiger partial charge on any atom is -0.868 e. The zero-order chi connectivity index (χ0) is 12.3. The molecule has 2 rings (SSSR count). The fourth-order valence-electron chi connectivity index (χ4n) is 1.21. The van der Waals surface area contributed by atoms with E-state index in [9.17, 15) is 15.2 Å². The van der Waals surface area contributed by atoms with E-state index in [4.69, 9.17) is 0 Å². The Kier molecular flexibility index (Phi) is 3.24. The van der Waals surface area contributed by atoms with Gasteiger partial charge in [0, 0.05) is 11.8 Å². The number of hydrogen-bond donors (Lipinski definition) is 1. The molecule has 0 aliphatic rings. The fourth-order valence-corrected chi connectivity index (χ4v) is 1.93. The van der Waals surface area contributed by atoms with Gasteiger partial charge in [-0.05, 0) is 11.3 Å². The molecule has 0 saturated carbocycles. The second-order valence-corrected chi connectivity index (χ2v) is 4.10. The minimum atomic E-state index is -0.676. The Morgan fingerprint density at radius 3 is 2.94 bits per heavy atom. The first-order chi connectivity index (χ1) is 8.16. The molecule has 7 nitrogen and oxygen atoms in total. The molecule has 1 aromatic carbocycles. The van der Waals surface area contributed by atoms with Gasteiger partial charge in [-0.2, -0.15) is 5.10 Å². The van der Waals surface area contributed by atoms with Crippen molar-refractivity contribution in [2.24, 2.45) is 0 Å². The van der Waals surface area contributed by atoms with Crippen LogP contribution in [0, 0.1) is 10.1 Å². The Morgan fingerprint density at radius 2 is 2.29 bits per heavy atom. The monoisotopic (exact) mass is 251 g/mol. The number of H-pyrrole nitrogens is 1. The van der Waals surface area contributed by atoms with Crippen LogP contribution in [-0.4, -0.2) is 20.1 Å². The molecule has 1 aromatic heterocycles. The van der Waals surface area contributed by atoms with Crippen molar-refractivity contribution in [1.29, 1.82) is 0 Å². The molecule has 1 N–H and O–H groups in total. The van der Waals surface area contributed by atoms with E-state index in [-0.39, 0.29) is 0 Å². The topological polar surface area (TPSA) is 108 Å². The van der Waals surface area contributed by atoms with Crippen molar-refractivity contribution in [2.75, 3.05) is 0 Å². The van der Waals surface area contributed by atoms with Gasteiger partial charge in [0.1, 0.15) is 6.33 Å². The predicted octanol–water partition coefficient (Wildman–Crippen LogP) is 1.08. The van der Waals surface area contributed by atoms with Crippen LogP contribution in [0.25, 0.3) is 0 Å². The van der Waals surface area contributed by atoms with Crippen LogP contribution in [0.1, 0.15) is 5.56 Å². The molecule has 0 unspecified atom stereocenters. The van der Waals surface area contributed by atoms with Crippen molar-refractivity contribution >= 4 is 17.4 Å². The average Bonchev–Trinajstić information content (AvgIpc) is 2.80. The Balaban J connectivity index is 2.11. The van der Waals surface area contributed by atoms with Crippen molar-refractivity contribution < 1.29 is 10.0 Å². The number of benzene rings is 1. The van der Waals surface area contributed by atoms with Crippen molar-refractivity contribution in [3.05, 3.63) is 40.2 Å². The summed E-state index contributed by atoms with van der Waals surface area (Å²) in [5, 5.41) is 28.7. The molecule has 8 heteroatoms. The molecule has 0 bridgehead atoms. The lowest BCUT2D eigenvalue weighted by Gasteiger charge is -2.07. The van der Waals surface area contributed by atoms with Crippen LogP contribution in [0.2, 0.25) is 0 Å². The third kappa shape index (κ3) is 2.72. The highest BCUT2D eigenvalue weighted by atomic mass is 32.2. The van der Waals surface area contributed by atoms with Crippen molar-refractivity contribution in [1.82, 2.24) is 15.2 Å². The van der Waals surface area contributed by atoms with E-state index < -0.39 is 16.4 Å². The van der Waals surface area contributed by atoms with Gasteiger partial charge in [0.05, 0.1) is 4.92 Å². The zero-order valence-corrected chi connectivity index (χ0v) is 9.31. The normalized spacial score (nSPS) is 10.4. The molecule has 88 valence electrons. The van der Waals surface area contributed by atoms with Gasteiger partial charge in [-0.15, -0.1) is 0 Å². The fraction of sp³-hybridized carbons (Fsp3) is 0.111. The Morgan fingerprint density at radius 1 is 1.47 bits per heavy atom. The maximum absolute atomic E-state index is 11.2. The lowest BCUT2D eigenvalue weighted by molar-refractivity contribution is -0.398. The Bertz CT molecular complexity index is 529. The minimum absolute atomic E-state index is 0.402. The smallest absolute Gasteiger partial charge is 0.262 e. The molecular weight excluding hydrogens is 244 g/mol. The van der Waals surface area contributed by atoms with Gasteiger partial charge in [0.15, 0.2) is 5.16 Å². The number of aromatic nitrogens is 3. The van der Waals surface area contributed by atoms with Crippen LogP contribution in [0.5, 0.6) is 5.75 Å². The van der Waals surface area contributed by atoms with Gasteiger partial charge in [0.25, 0.3) is 5.69 Å². The average molecular weight is 251 g/mol. The van der Waals surface area contributed by atoms with Crippen molar-refractivity contribution in [3.8, 4) is 5.75 Å². The van der Waals surface area contributed by atoms with Crippen LogP contribution < -0.4 is 5.11 Å². The van der Waals surface area contributed by atoms with Gasteiger partial charge in [-0.3, -0.25) is 15.2 Å². The summed E-state index contributed by atoms with van der Waals surface area (Å²) in [5.41, 5.74) is 0.290. The van der Waals surface area contributed by atoms with Crippen LogP contribution in [0.15, 0.2) is 29.7 Å². The largest absolute Gasteiger partial charge is 0.868 e. The molecule has 0 atom stereocenters. The maximum Gasteiger partial charge on any atom is 0.262 e. The first kappa shape index (κ1) is 11.4. The number of rotatable bonds is 4. The summed E-state index contributed by atoms with van der Waals surface area (Å²) >= 11 is 1.35. The van der Waals surface area contributed by atoms with E-state index in [1.165, 1.54) is 30.2 Å². The van der Waals surface area contributed by atoms with Crippen molar-refractivity contribution in [2.45, 2.75) is 10.9 Å². The van der Waals surface area contributed by atoms with Gasteiger partial charge in [0.2, 0.25) is 0 Å². The third-order valence-corrected chi connectivity index (χ3v) is 2.94. The van der Waals surface area contributed by atoms with E-state index in [0.29, 0.717) is 16.5 Å². The van der Waals surface area contributed by atoms with Gasteiger partial charge in [-0.1, -0.05) is 23.9 Å². The van der Waals surface area contributed by atoms with E-state index >= 15 is 0 Å². The Labute approximate surface area is 100 Å². The SMILES string of the molecule is O=[N+]([O-])c1cc(CSc2ncn[nH]2)ccc1[O-]. The van der Waals surface area contributed by atoms with Crippen LogP contribution in [0.4, 0.5) is 5.69 Å². The molecule has 0 aliphatic carbocycles. The first-order valence-corrected chi connectivity index (χ1v) is 5.58. The van der Waals surface area contributed by atoms with Gasteiger partial charge < -0.3 is 5.11 Å². The summed E-state index contributed by atoms with van der Waals surface area (Å²) in [7, 11) is 0. The third-order valence-electron chi connectivity index (χ3n) is 1.99. The van der Waals surface area contributed by atoms with E-state index in [0.717, 1.165) is 0 Å². The van der Waals surface area contributed by atoms with Crippen molar-refractivity contribution in [3.63, 3.8) is 0 Å². The van der Waals surface area contributed by atoms with Crippen LogP contribution >= 0.6 is 11.8 Å². The number of nitrogens with zero attached hydrogens (tertiary/aromatic N) is 3. The first-order valence-electron chi connectivity index (χ1n) is 4.59. The number of nitrogens with one attached hydrogen (secondary N) is 1. The number of aromatic amines is 1. The molecule has 0 radical (unpaired) electrons. The lowest BCUT2D eigenvalue weighted by Crippen LogP contribution is -1.98. The maximum atomic E-state index is 11.2. The van der Waals surface area contributed by atoms with E-state index in [1.54, 1.807) is 6.07 Å². The molecular formula is C9H7N4O3S-. The summed E-state index contributed by atoms with van der Waals surface area (Å²) < 4.78 is 0. The molecule has 2 aromatic rings. The number of nitro groups is 1. The molecule has 0 aliphatic heterocycles. The van der Waals surface area contributed by atoms with Crippen LogP contribution in [0.3, 0.4) is 0 Å². The van der Waals surface area contributed by atoms with E-state index in [2.05, 4.69) is 15.2 Å². The summed E-state index contributed by atoms with van der Waals surface area (Å²) in [6.45, 7) is 0. The summed E-state index contributed by atoms with van der Waals surface area (Å²) in [6, 6.07) is 4.05. The summed E-state index contributed by atoms with van der Waals surface area (Å²) in [5.74, 6) is -0.0977. The number of thioether (sulfide) groups is 1. The molecule has 0 saturated heterocycles.